The van der Waals surface area contributed by atoms with Crippen LogP contribution in [0.4, 0.5) is 0 Å². The van der Waals surface area contributed by atoms with E-state index in [1.165, 1.54) is 24.5 Å². The first-order valence-corrected chi connectivity index (χ1v) is 6.53. The van der Waals surface area contributed by atoms with Gasteiger partial charge in [0.1, 0.15) is 5.78 Å². The fourth-order valence-corrected chi connectivity index (χ4v) is 2.26. The highest BCUT2D eigenvalue weighted by Crippen LogP contribution is 2.08. The molecule has 2 heteroatoms. The predicted octanol–water partition coefficient (Wildman–Crippen LogP) is 2.91. The molecule has 0 heterocycles. The van der Waals surface area contributed by atoms with Crippen molar-refractivity contribution in [3.8, 4) is 0 Å². The molecule has 0 fully saturated rings. The number of benzene rings is 2. The van der Waals surface area contributed by atoms with Crippen molar-refractivity contribution in [2.45, 2.75) is 13.8 Å². The van der Waals surface area contributed by atoms with Crippen LogP contribution < -0.4 is 10.6 Å². The van der Waals surface area contributed by atoms with E-state index >= 15 is 0 Å². The van der Waals surface area contributed by atoms with Crippen LogP contribution >= 0.6 is 8.58 Å². The molecule has 2 aromatic carbocycles. The standard InChI is InChI=1S/C12H11P.C3H6O/c1-3-7-11(8-4-1)13-12-9-5-2-6-10-12;1-3(2)4/h1-10,13H;1-2H3. The average molecular weight is 244 g/mol. The highest BCUT2D eigenvalue weighted by Gasteiger charge is 1.92. The number of hydrogen-bond acceptors (Lipinski definition) is 1. The van der Waals surface area contributed by atoms with Crippen LogP contribution in [-0.4, -0.2) is 5.78 Å². The number of hydrogen-bond donors (Lipinski definition) is 0. The number of carbonyl (C=O) groups excluding carboxylic acids is 1. The zero-order chi connectivity index (χ0) is 12.5. The Labute approximate surface area is 105 Å². The third-order valence-electron chi connectivity index (χ3n) is 1.84. The molecule has 2 aromatic rings. The molecule has 1 nitrogen and oxygen atoms in total. The molecule has 0 bridgehead atoms. The fraction of sp³-hybridized carbons (Fsp3) is 0.133. The molecule has 0 N–H and O–H groups in total. The van der Waals surface area contributed by atoms with Crippen molar-refractivity contribution in [1.29, 1.82) is 0 Å². The summed E-state index contributed by atoms with van der Waals surface area (Å²) < 4.78 is 0. The van der Waals surface area contributed by atoms with E-state index in [1.54, 1.807) is 0 Å². The van der Waals surface area contributed by atoms with Crippen LogP contribution in [0, 0.1) is 0 Å². The lowest BCUT2D eigenvalue weighted by atomic mass is 10.4. The van der Waals surface area contributed by atoms with Crippen LogP contribution in [0.25, 0.3) is 0 Å². The van der Waals surface area contributed by atoms with E-state index in [0.717, 1.165) is 8.58 Å². The van der Waals surface area contributed by atoms with Gasteiger partial charge in [-0.1, -0.05) is 69.2 Å². The summed E-state index contributed by atoms with van der Waals surface area (Å²) in [4.78, 5) is 9.44. The molecule has 0 unspecified atom stereocenters. The summed E-state index contributed by atoms with van der Waals surface area (Å²) in [6, 6.07) is 21.2. The summed E-state index contributed by atoms with van der Waals surface area (Å²) in [7, 11) is 0.777. The van der Waals surface area contributed by atoms with Gasteiger partial charge in [-0.25, -0.2) is 0 Å². The van der Waals surface area contributed by atoms with Gasteiger partial charge in [0.15, 0.2) is 0 Å². The molecule has 17 heavy (non-hydrogen) atoms. The normalized spacial score (nSPS) is 9.06. The number of Topliss-reactive ketones (excluding diaryl/α,β-unsaturated/α-hetero) is 1. The van der Waals surface area contributed by atoms with E-state index in [-0.39, 0.29) is 5.78 Å². The van der Waals surface area contributed by atoms with Crippen molar-refractivity contribution in [3.05, 3.63) is 60.7 Å². The lowest BCUT2D eigenvalue weighted by Crippen LogP contribution is -2.01. The molecule has 88 valence electrons. The van der Waals surface area contributed by atoms with E-state index < -0.39 is 0 Å². The fourth-order valence-electron chi connectivity index (χ4n) is 1.21. The number of rotatable bonds is 2. The molecule has 0 atom stereocenters. The lowest BCUT2D eigenvalue weighted by Gasteiger charge is -2.00. The molecule has 0 saturated carbocycles. The Morgan fingerprint density at radius 2 is 1.06 bits per heavy atom. The van der Waals surface area contributed by atoms with Crippen LogP contribution in [-0.2, 0) is 4.79 Å². The van der Waals surface area contributed by atoms with Gasteiger partial charge in [0.25, 0.3) is 0 Å². The molecular formula is C15H17OP. The van der Waals surface area contributed by atoms with Gasteiger partial charge < -0.3 is 4.79 Å². The molecule has 0 spiro atoms. The average Bonchev–Trinajstić information content (AvgIpc) is 2.31. The Balaban J connectivity index is 0.000000317. The van der Waals surface area contributed by atoms with Crippen LogP contribution in [0.2, 0.25) is 0 Å². The van der Waals surface area contributed by atoms with E-state index in [1.807, 2.05) is 0 Å². The Hall–Kier alpha value is -1.46. The van der Waals surface area contributed by atoms with Crippen molar-refractivity contribution in [3.63, 3.8) is 0 Å². The second kappa shape index (κ2) is 7.76. The Morgan fingerprint density at radius 3 is 1.35 bits per heavy atom. The van der Waals surface area contributed by atoms with Gasteiger partial charge in [-0.2, -0.15) is 0 Å². The minimum atomic E-state index is 0.167. The first-order valence-electron chi connectivity index (χ1n) is 5.53. The highest BCUT2D eigenvalue weighted by molar-refractivity contribution is 7.55. The lowest BCUT2D eigenvalue weighted by molar-refractivity contribution is -0.114. The van der Waals surface area contributed by atoms with E-state index in [9.17, 15) is 4.79 Å². The van der Waals surface area contributed by atoms with E-state index in [0.29, 0.717) is 0 Å². The summed E-state index contributed by atoms with van der Waals surface area (Å²) in [5.41, 5.74) is 0. The third kappa shape index (κ3) is 6.65. The maximum absolute atomic E-state index is 9.44. The Bertz CT molecular complexity index is 395. The first-order chi connectivity index (χ1) is 8.18. The number of carbonyl (C=O) groups is 1. The van der Waals surface area contributed by atoms with Crippen molar-refractivity contribution >= 4 is 25.0 Å². The van der Waals surface area contributed by atoms with Gasteiger partial charge in [-0.05, 0) is 24.5 Å². The van der Waals surface area contributed by atoms with Crippen LogP contribution in [0.5, 0.6) is 0 Å². The Morgan fingerprint density at radius 1 is 0.765 bits per heavy atom. The smallest absolute Gasteiger partial charge is 0.126 e. The molecule has 0 radical (unpaired) electrons. The van der Waals surface area contributed by atoms with Crippen LogP contribution in [0.1, 0.15) is 13.8 Å². The quantitative estimate of drug-likeness (QED) is 0.742. The van der Waals surface area contributed by atoms with Gasteiger partial charge in [0.05, 0.1) is 0 Å². The molecule has 0 aromatic heterocycles. The number of ketones is 1. The summed E-state index contributed by atoms with van der Waals surface area (Å²) in [5, 5.41) is 2.79. The predicted molar refractivity (Wildman–Crippen MR) is 76.8 cm³/mol. The van der Waals surface area contributed by atoms with Gasteiger partial charge in [-0.3, -0.25) is 0 Å². The largest absolute Gasteiger partial charge is 0.300 e. The highest BCUT2D eigenvalue weighted by atomic mass is 31.1. The summed E-state index contributed by atoms with van der Waals surface area (Å²) in [5.74, 6) is 0.167. The van der Waals surface area contributed by atoms with Gasteiger partial charge in [-0.15, -0.1) is 0 Å². The van der Waals surface area contributed by atoms with Crippen molar-refractivity contribution < 1.29 is 4.79 Å². The topological polar surface area (TPSA) is 17.1 Å². The molecule has 0 aliphatic rings. The van der Waals surface area contributed by atoms with E-state index in [2.05, 4.69) is 60.7 Å². The maximum Gasteiger partial charge on any atom is 0.126 e. The second-order valence-corrected chi connectivity index (χ2v) is 5.17. The molecule has 0 amide bonds. The van der Waals surface area contributed by atoms with E-state index in [4.69, 9.17) is 0 Å². The van der Waals surface area contributed by atoms with Gasteiger partial charge in [0.2, 0.25) is 0 Å². The zero-order valence-electron chi connectivity index (χ0n) is 10.2. The first kappa shape index (κ1) is 13.6. The molecule has 0 aliphatic carbocycles. The van der Waals surface area contributed by atoms with Crippen molar-refractivity contribution in [1.82, 2.24) is 0 Å². The Kier molecular flexibility index (Phi) is 6.21. The minimum Gasteiger partial charge on any atom is -0.300 e. The minimum absolute atomic E-state index is 0.167. The maximum atomic E-state index is 9.44. The van der Waals surface area contributed by atoms with Crippen molar-refractivity contribution in [2.24, 2.45) is 0 Å². The molecule has 0 aliphatic heterocycles. The van der Waals surface area contributed by atoms with Crippen LogP contribution in [0.3, 0.4) is 0 Å². The van der Waals surface area contributed by atoms with Crippen molar-refractivity contribution in [2.75, 3.05) is 0 Å². The SMILES string of the molecule is CC(C)=O.c1ccc(Pc2ccccc2)cc1. The summed E-state index contributed by atoms with van der Waals surface area (Å²) in [6.07, 6.45) is 0. The monoisotopic (exact) mass is 244 g/mol. The third-order valence-corrected chi connectivity index (χ3v) is 3.08. The second-order valence-electron chi connectivity index (χ2n) is 3.77. The molecule has 0 saturated heterocycles. The zero-order valence-corrected chi connectivity index (χ0v) is 11.2. The van der Waals surface area contributed by atoms with Gasteiger partial charge in [0, 0.05) is 0 Å². The summed E-state index contributed by atoms with van der Waals surface area (Å²) >= 11 is 0. The van der Waals surface area contributed by atoms with Gasteiger partial charge >= 0.3 is 0 Å². The van der Waals surface area contributed by atoms with Crippen LogP contribution in [0.15, 0.2) is 60.7 Å². The molecular weight excluding hydrogens is 227 g/mol. The molecule has 2 rings (SSSR count). The summed E-state index contributed by atoms with van der Waals surface area (Å²) in [6.45, 7) is 3.06.